The molecule has 0 saturated carbocycles. The van der Waals surface area contributed by atoms with Crippen molar-refractivity contribution in [2.45, 2.75) is 12.2 Å². The molecule has 0 aliphatic heterocycles. The summed E-state index contributed by atoms with van der Waals surface area (Å²) < 4.78 is 11.6. The van der Waals surface area contributed by atoms with Gasteiger partial charge in [-0.25, -0.2) is 0 Å². The fraction of sp³-hybridized carbons (Fsp3) is 0.400. The van der Waals surface area contributed by atoms with Crippen LogP contribution in [0.5, 0.6) is 0 Å². The summed E-state index contributed by atoms with van der Waals surface area (Å²) in [4.78, 5) is 2.64. The summed E-state index contributed by atoms with van der Waals surface area (Å²) in [5, 5.41) is 4.03. The van der Waals surface area contributed by atoms with E-state index in [-0.39, 0.29) is 0 Å². The molecule has 0 fully saturated rings. The lowest BCUT2D eigenvalue weighted by molar-refractivity contribution is 0.680. The average Bonchev–Trinajstić information content (AvgIpc) is 2.28. The van der Waals surface area contributed by atoms with Gasteiger partial charge in [0.05, 0.1) is 0 Å². The van der Waals surface area contributed by atoms with Crippen LogP contribution in [0, 0.1) is 0 Å². The Morgan fingerprint density at radius 2 is 2.19 bits per heavy atom. The van der Waals surface area contributed by atoms with E-state index in [1.165, 1.54) is 0 Å². The molecule has 0 aliphatic rings. The molecule has 0 bridgehead atoms. The second-order valence-electron chi connectivity index (χ2n) is 3.19. The fourth-order valence-corrected chi connectivity index (χ4v) is 2.68. The number of hydrogen-bond donors (Lipinski definition) is 0. The smallest absolute Gasteiger partial charge is 0.0500 e. The van der Waals surface area contributed by atoms with Crippen LogP contribution in [0.15, 0.2) is 29.4 Å². The van der Waals surface area contributed by atoms with Crippen molar-refractivity contribution in [3.8, 4) is 0 Å². The number of halogens is 1. The van der Waals surface area contributed by atoms with Crippen molar-refractivity contribution in [1.82, 2.24) is 0 Å². The van der Waals surface area contributed by atoms with E-state index in [1.54, 1.807) is 6.07 Å². The van der Waals surface area contributed by atoms with E-state index in [0.29, 0.717) is 29.5 Å². The zero-order valence-corrected chi connectivity index (χ0v) is 10.2. The lowest BCUT2D eigenvalue weighted by atomic mass is 10.2. The van der Waals surface area contributed by atoms with E-state index in [2.05, 4.69) is 10.0 Å². The van der Waals surface area contributed by atoms with E-state index >= 15 is 0 Å². The molecule has 1 rings (SSSR count). The summed E-state index contributed by atoms with van der Waals surface area (Å²) >= 11 is 5.95. The van der Waals surface area contributed by atoms with Crippen molar-refractivity contribution in [2.24, 2.45) is 5.11 Å². The predicted molar refractivity (Wildman–Crippen MR) is 66.8 cm³/mol. The number of hydrogen-bond acceptors (Lipinski definition) is 2. The quantitative estimate of drug-likeness (QED) is 0.334. The zero-order valence-electron chi connectivity index (χ0n) is 8.67. The van der Waals surface area contributed by atoms with Crippen LogP contribution in [-0.2, 0) is 16.6 Å². The molecule has 16 heavy (non-hydrogen) atoms. The van der Waals surface area contributed by atoms with Gasteiger partial charge < -0.3 is 0 Å². The van der Waals surface area contributed by atoms with E-state index in [4.69, 9.17) is 17.1 Å². The van der Waals surface area contributed by atoms with Crippen molar-refractivity contribution < 1.29 is 4.21 Å². The summed E-state index contributed by atoms with van der Waals surface area (Å²) in [6.45, 7) is 0.394. The lowest BCUT2D eigenvalue weighted by Gasteiger charge is -2.03. The Morgan fingerprint density at radius 3 is 2.88 bits per heavy atom. The normalized spacial score (nSPS) is 11.8. The molecule has 0 N–H and O–H groups in total. The van der Waals surface area contributed by atoms with Crippen LogP contribution in [0.25, 0.3) is 10.4 Å². The lowest BCUT2D eigenvalue weighted by Crippen LogP contribution is -2.02. The molecular formula is C10H12ClN3OS. The standard InChI is InChI=1S/C10H12ClN3OS/c11-10-5-2-1-4-9(10)8-16(15)7-3-6-13-14-12/h1-2,4-5H,3,6-8H2. The van der Waals surface area contributed by atoms with Crippen molar-refractivity contribution in [2.75, 3.05) is 12.3 Å². The monoisotopic (exact) mass is 257 g/mol. The van der Waals surface area contributed by atoms with Gasteiger partial charge in [-0.2, -0.15) is 0 Å². The summed E-state index contributed by atoms with van der Waals surface area (Å²) in [5.41, 5.74) is 8.96. The highest BCUT2D eigenvalue weighted by molar-refractivity contribution is 7.84. The van der Waals surface area contributed by atoms with Crippen LogP contribution in [0.1, 0.15) is 12.0 Å². The van der Waals surface area contributed by atoms with Crippen molar-refractivity contribution in [3.63, 3.8) is 0 Å². The average molecular weight is 258 g/mol. The van der Waals surface area contributed by atoms with Crippen LogP contribution in [0.3, 0.4) is 0 Å². The van der Waals surface area contributed by atoms with Gasteiger partial charge in [0, 0.05) is 38.8 Å². The van der Waals surface area contributed by atoms with E-state index in [9.17, 15) is 4.21 Å². The molecule has 0 aromatic heterocycles. The molecule has 6 heteroatoms. The Labute approximate surface area is 102 Å². The highest BCUT2D eigenvalue weighted by Gasteiger charge is 2.04. The largest absolute Gasteiger partial charge is 0.259 e. The summed E-state index contributed by atoms with van der Waals surface area (Å²) in [7, 11) is -0.952. The van der Waals surface area contributed by atoms with Gasteiger partial charge in [0.1, 0.15) is 0 Å². The molecule has 86 valence electrons. The van der Waals surface area contributed by atoms with Crippen LogP contribution in [0.4, 0.5) is 0 Å². The van der Waals surface area contributed by atoms with Gasteiger partial charge in [0.2, 0.25) is 0 Å². The van der Waals surface area contributed by atoms with Crippen molar-refractivity contribution in [1.29, 1.82) is 0 Å². The Morgan fingerprint density at radius 1 is 1.44 bits per heavy atom. The number of benzene rings is 1. The summed E-state index contributed by atoms with van der Waals surface area (Å²) in [6.07, 6.45) is 0.640. The number of rotatable bonds is 6. The highest BCUT2D eigenvalue weighted by atomic mass is 35.5. The molecule has 1 aromatic rings. The Hall–Kier alpha value is -1.03. The maximum absolute atomic E-state index is 11.6. The molecule has 1 aromatic carbocycles. The first-order chi connectivity index (χ1) is 7.74. The molecule has 4 nitrogen and oxygen atoms in total. The molecule has 0 heterocycles. The van der Waals surface area contributed by atoms with Crippen LogP contribution >= 0.6 is 11.6 Å². The first kappa shape index (κ1) is 13.0. The maximum Gasteiger partial charge on any atom is 0.0500 e. The molecule has 0 saturated heterocycles. The summed E-state index contributed by atoms with van der Waals surface area (Å²) in [5.74, 6) is 0.986. The van der Waals surface area contributed by atoms with Crippen LogP contribution in [-0.4, -0.2) is 16.5 Å². The number of nitrogens with zero attached hydrogens (tertiary/aromatic N) is 3. The molecule has 0 radical (unpaired) electrons. The highest BCUT2D eigenvalue weighted by Crippen LogP contribution is 2.16. The Kier molecular flexibility index (Phi) is 5.93. The minimum absolute atomic E-state index is 0.394. The van der Waals surface area contributed by atoms with Gasteiger partial charge >= 0.3 is 0 Å². The van der Waals surface area contributed by atoms with Gasteiger partial charge in [-0.05, 0) is 23.6 Å². The van der Waals surface area contributed by atoms with E-state index in [0.717, 1.165) is 5.56 Å². The van der Waals surface area contributed by atoms with Crippen LogP contribution < -0.4 is 0 Å². The molecule has 0 amide bonds. The van der Waals surface area contributed by atoms with Gasteiger partial charge in [-0.1, -0.05) is 34.9 Å². The molecule has 0 spiro atoms. The third kappa shape index (κ3) is 4.66. The molecular weight excluding hydrogens is 246 g/mol. The zero-order chi connectivity index (χ0) is 11.8. The van der Waals surface area contributed by atoms with Crippen molar-refractivity contribution >= 4 is 22.4 Å². The van der Waals surface area contributed by atoms with Gasteiger partial charge in [-0.15, -0.1) is 0 Å². The molecule has 0 aliphatic carbocycles. The van der Waals surface area contributed by atoms with E-state index < -0.39 is 10.8 Å². The minimum Gasteiger partial charge on any atom is -0.259 e. The third-order valence-electron chi connectivity index (χ3n) is 1.97. The van der Waals surface area contributed by atoms with Gasteiger partial charge in [0.25, 0.3) is 0 Å². The molecule has 1 unspecified atom stereocenters. The maximum atomic E-state index is 11.6. The second-order valence-corrected chi connectivity index (χ2v) is 5.17. The summed E-state index contributed by atoms with van der Waals surface area (Å²) in [6, 6.07) is 7.37. The van der Waals surface area contributed by atoms with Crippen LogP contribution in [0.2, 0.25) is 5.02 Å². The SMILES string of the molecule is [N-]=[N+]=NCCCS(=O)Cc1ccccc1Cl. The first-order valence-corrected chi connectivity index (χ1v) is 6.70. The predicted octanol–water partition coefficient (Wildman–Crippen LogP) is 3.29. The topological polar surface area (TPSA) is 65.8 Å². The Balaban J connectivity index is 2.40. The second kappa shape index (κ2) is 7.28. The van der Waals surface area contributed by atoms with E-state index in [1.807, 2.05) is 18.2 Å². The number of azide groups is 1. The third-order valence-corrected chi connectivity index (χ3v) is 3.71. The van der Waals surface area contributed by atoms with Gasteiger partial charge in [0.15, 0.2) is 0 Å². The Bertz CT molecular complexity index is 418. The van der Waals surface area contributed by atoms with Gasteiger partial charge in [-0.3, -0.25) is 4.21 Å². The minimum atomic E-state index is -0.952. The van der Waals surface area contributed by atoms with Crippen molar-refractivity contribution in [3.05, 3.63) is 45.3 Å². The molecule has 1 atom stereocenters. The first-order valence-electron chi connectivity index (χ1n) is 4.83. The fourth-order valence-electron chi connectivity index (χ4n) is 1.20.